The van der Waals surface area contributed by atoms with Crippen molar-refractivity contribution in [1.82, 2.24) is 4.90 Å². The Labute approximate surface area is 134 Å². The van der Waals surface area contributed by atoms with Crippen LogP contribution in [0.25, 0.3) is 10.8 Å². The van der Waals surface area contributed by atoms with Crippen LogP contribution in [0.3, 0.4) is 0 Å². The molecule has 2 aromatic rings. The fraction of sp³-hybridized carbons (Fsp3) is 0.500. The molecule has 0 spiro atoms. The first-order valence-corrected chi connectivity index (χ1v) is 8.54. The van der Waals surface area contributed by atoms with Crippen LogP contribution in [0.4, 0.5) is 0 Å². The number of hydrogen-bond acceptors (Lipinski definition) is 2. The zero-order chi connectivity index (χ0) is 15.4. The molecule has 0 aromatic heterocycles. The molecule has 3 rings (SSSR count). The van der Waals surface area contributed by atoms with Gasteiger partial charge >= 0.3 is 0 Å². The zero-order valence-corrected chi connectivity index (χ0v) is 13.8. The minimum atomic E-state index is 0.874. The van der Waals surface area contributed by atoms with E-state index in [1.807, 2.05) is 0 Å². The SMILES string of the molecule is COc1ccc2c(CCCN3CCCC(C)C3)cccc2c1. The summed E-state index contributed by atoms with van der Waals surface area (Å²) in [7, 11) is 1.73. The van der Waals surface area contributed by atoms with Gasteiger partial charge in [0, 0.05) is 6.54 Å². The summed E-state index contributed by atoms with van der Waals surface area (Å²) in [5.41, 5.74) is 1.46. The second-order valence-corrected chi connectivity index (χ2v) is 6.66. The fourth-order valence-corrected chi connectivity index (χ4v) is 3.66. The van der Waals surface area contributed by atoms with Crippen molar-refractivity contribution in [3.8, 4) is 5.75 Å². The average Bonchev–Trinajstić information content (AvgIpc) is 2.54. The van der Waals surface area contributed by atoms with Crippen molar-refractivity contribution in [2.24, 2.45) is 5.92 Å². The Kier molecular flexibility index (Phi) is 4.99. The molecule has 1 aliphatic rings. The van der Waals surface area contributed by atoms with Gasteiger partial charge in [0.2, 0.25) is 0 Å². The number of aryl methyl sites for hydroxylation is 1. The molecule has 2 nitrogen and oxygen atoms in total. The maximum Gasteiger partial charge on any atom is 0.119 e. The lowest BCUT2D eigenvalue weighted by molar-refractivity contribution is 0.182. The summed E-state index contributed by atoms with van der Waals surface area (Å²) < 4.78 is 5.33. The van der Waals surface area contributed by atoms with E-state index in [4.69, 9.17) is 4.74 Å². The van der Waals surface area contributed by atoms with Gasteiger partial charge in [0.1, 0.15) is 5.75 Å². The molecule has 1 heterocycles. The number of methoxy groups -OCH3 is 1. The van der Waals surface area contributed by atoms with E-state index in [-0.39, 0.29) is 0 Å². The Balaban J connectivity index is 1.64. The Bertz CT molecular complexity index is 622. The summed E-state index contributed by atoms with van der Waals surface area (Å²) in [5.74, 6) is 1.81. The van der Waals surface area contributed by atoms with Crippen LogP contribution < -0.4 is 4.74 Å². The highest BCUT2D eigenvalue weighted by atomic mass is 16.5. The summed E-state index contributed by atoms with van der Waals surface area (Å²) in [6.07, 6.45) is 5.18. The summed E-state index contributed by atoms with van der Waals surface area (Å²) in [4.78, 5) is 2.64. The number of fused-ring (bicyclic) bond motifs is 1. The van der Waals surface area contributed by atoms with Gasteiger partial charge in [-0.2, -0.15) is 0 Å². The number of piperidine rings is 1. The molecule has 118 valence electrons. The number of likely N-dealkylation sites (tertiary alicyclic amines) is 1. The molecular formula is C20H27NO. The summed E-state index contributed by atoms with van der Waals surface area (Å²) in [5, 5.41) is 2.65. The van der Waals surface area contributed by atoms with E-state index in [0.29, 0.717) is 0 Å². The summed E-state index contributed by atoms with van der Waals surface area (Å²) >= 11 is 0. The molecular weight excluding hydrogens is 270 g/mol. The van der Waals surface area contributed by atoms with Crippen LogP contribution >= 0.6 is 0 Å². The standard InChI is InChI=1S/C20H27NO/c1-16-6-4-12-21(15-16)13-5-9-17-7-3-8-18-14-19(22-2)10-11-20(17)18/h3,7-8,10-11,14,16H,4-6,9,12-13,15H2,1-2H3. The lowest BCUT2D eigenvalue weighted by Crippen LogP contribution is -2.35. The lowest BCUT2D eigenvalue weighted by Gasteiger charge is -2.30. The molecule has 1 aliphatic heterocycles. The summed E-state index contributed by atoms with van der Waals surface area (Å²) in [6.45, 7) is 6.19. The molecule has 2 heteroatoms. The third-order valence-electron chi connectivity index (χ3n) is 4.84. The van der Waals surface area contributed by atoms with Gasteiger partial charge in [0.25, 0.3) is 0 Å². The second kappa shape index (κ2) is 7.15. The number of hydrogen-bond donors (Lipinski definition) is 0. The number of rotatable bonds is 5. The quantitative estimate of drug-likeness (QED) is 0.805. The van der Waals surface area contributed by atoms with Gasteiger partial charge in [-0.1, -0.05) is 31.2 Å². The van der Waals surface area contributed by atoms with Crippen molar-refractivity contribution in [2.75, 3.05) is 26.7 Å². The van der Waals surface area contributed by atoms with Crippen molar-refractivity contribution >= 4 is 10.8 Å². The second-order valence-electron chi connectivity index (χ2n) is 6.66. The lowest BCUT2D eigenvalue weighted by atomic mass is 9.98. The molecule has 1 unspecified atom stereocenters. The minimum absolute atomic E-state index is 0.874. The highest BCUT2D eigenvalue weighted by Crippen LogP contribution is 2.25. The van der Waals surface area contributed by atoms with Crippen molar-refractivity contribution in [3.63, 3.8) is 0 Å². The monoisotopic (exact) mass is 297 g/mol. The molecule has 1 atom stereocenters. The van der Waals surface area contributed by atoms with Gasteiger partial charge < -0.3 is 9.64 Å². The highest BCUT2D eigenvalue weighted by molar-refractivity contribution is 5.87. The minimum Gasteiger partial charge on any atom is -0.497 e. The number of benzene rings is 2. The third kappa shape index (κ3) is 3.61. The number of ether oxygens (including phenoxy) is 1. The molecule has 0 N–H and O–H groups in total. The van der Waals surface area contributed by atoms with E-state index in [0.717, 1.165) is 18.1 Å². The largest absolute Gasteiger partial charge is 0.497 e. The molecule has 0 radical (unpaired) electrons. The van der Waals surface area contributed by atoms with Crippen LogP contribution in [-0.4, -0.2) is 31.6 Å². The highest BCUT2D eigenvalue weighted by Gasteiger charge is 2.15. The van der Waals surface area contributed by atoms with Gasteiger partial charge in [0.05, 0.1) is 7.11 Å². The van der Waals surface area contributed by atoms with E-state index < -0.39 is 0 Å². The van der Waals surface area contributed by atoms with Crippen LogP contribution in [0.2, 0.25) is 0 Å². The van der Waals surface area contributed by atoms with E-state index in [1.54, 1.807) is 7.11 Å². The Morgan fingerprint density at radius 1 is 1.23 bits per heavy atom. The van der Waals surface area contributed by atoms with Gasteiger partial charge in [-0.15, -0.1) is 0 Å². The van der Waals surface area contributed by atoms with Crippen molar-refractivity contribution in [1.29, 1.82) is 0 Å². The van der Waals surface area contributed by atoms with Gasteiger partial charge in [-0.3, -0.25) is 0 Å². The topological polar surface area (TPSA) is 12.5 Å². The van der Waals surface area contributed by atoms with Crippen LogP contribution in [0, 0.1) is 5.92 Å². The molecule has 22 heavy (non-hydrogen) atoms. The van der Waals surface area contributed by atoms with E-state index in [9.17, 15) is 0 Å². The first-order valence-electron chi connectivity index (χ1n) is 8.54. The first-order chi connectivity index (χ1) is 10.8. The van der Waals surface area contributed by atoms with Crippen LogP contribution in [-0.2, 0) is 6.42 Å². The third-order valence-corrected chi connectivity index (χ3v) is 4.84. The molecule has 0 bridgehead atoms. The summed E-state index contributed by atoms with van der Waals surface area (Å²) in [6, 6.07) is 13.0. The Morgan fingerprint density at radius 2 is 2.14 bits per heavy atom. The maximum atomic E-state index is 5.33. The first kappa shape index (κ1) is 15.4. The Morgan fingerprint density at radius 3 is 2.95 bits per heavy atom. The zero-order valence-electron chi connectivity index (χ0n) is 13.8. The van der Waals surface area contributed by atoms with Crippen LogP contribution in [0.15, 0.2) is 36.4 Å². The normalized spacial score (nSPS) is 19.5. The van der Waals surface area contributed by atoms with Crippen LogP contribution in [0.5, 0.6) is 5.75 Å². The predicted octanol–water partition coefficient (Wildman–Crippen LogP) is 4.51. The molecule has 1 fully saturated rings. The molecule has 0 amide bonds. The average molecular weight is 297 g/mol. The molecule has 1 saturated heterocycles. The van der Waals surface area contributed by atoms with Crippen molar-refractivity contribution in [3.05, 3.63) is 42.0 Å². The van der Waals surface area contributed by atoms with E-state index >= 15 is 0 Å². The van der Waals surface area contributed by atoms with Crippen molar-refractivity contribution < 1.29 is 4.74 Å². The van der Waals surface area contributed by atoms with Crippen LogP contribution in [0.1, 0.15) is 31.7 Å². The number of nitrogens with zero attached hydrogens (tertiary/aromatic N) is 1. The maximum absolute atomic E-state index is 5.33. The fourth-order valence-electron chi connectivity index (χ4n) is 3.66. The Hall–Kier alpha value is -1.54. The van der Waals surface area contributed by atoms with Gasteiger partial charge in [0.15, 0.2) is 0 Å². The van der Waals surface area contributed by atoms with Gasteiger partial charge in [-0.05, 0) is 73.2 Å². The molecule has 2 aromatic carbocycles. The van der Waals surface area contributed by atoms with E-state index in [1.165, 1.54) is 55.2 Å². The molecule has 0 aliphatic carbocycles. The van der Waals surface area contributed by atoms with E-state index in [2.05, 4.69) is 48.2 Å². The smallest absolute Gasteiger partial charge is 0.119 e. The predicted molar refractivity (Wildman–Crippen MR) is 93.7 cm³/mol. The van der Waals surface area contributed by atoms with Gasteiger partial charge in [-0.25, -0.2) is 0 Å². The molecule has 0 saturated carbocycles. The van der Waals surface area contributed by atoms with Crippen molar-refractivity contribution in [2.45, 2.75) is 32.6 Å².